The van der Waals surface area contributed by atoms with Crippen LogP contribution >= 0.6 is 11.5 Å². The molecule has 0 bridgehead atoms. The van der Waals surface area contributed by atoms with Crippen LogP contribution in [-0.4, -0.2) is 9.36 Å². The second-order valence-corrected chi connectivity index (χ2v) is 2.68. The molecule has 0 aliphatic heterocycles. The number of aromatic amines is 1. The maximum atomic E-state index is 10.9. The lowest BCUT2D eigenvalue weighted by atomic mass is 10.4. The second-order valence-electron chi connectivity index (χ2n) is 1.89. The Bertz CT molecular complexity index is 403. The van der Waals surface area contributed by atoms with Crippen molar-refractivity contribution >= 4 is 21.7 Å². The van der Waals surface area contributed by atoms with Gasteiger partial charge in [0.1, 0.15) is 4.83 Å². The van der Waals surface area contributed by atoms with Crippen LogP contribution in [0.25, 0.3) is 10.2 Å². The van der Waals surface area contributed by atoms with Crippen molar-refractivity contribution in [2.24, 2.45) is 0 Å². The quantitative estimate of drug-likeness (QED) is 0.611. The molecule has 0 saturated carbocycles. The molecule has 0 spiro atoms. The van der Waals surface area contributed by atoms with Gasteiger partial charge in [0.2, 0.25) is 0 Å². The largest absolute Gasteiger partial charge is 0.275 e. The molecule has 2 aromatic heterocycles. The molecular weight excluding hydrogens is 148 g/mol. The number of pyridine rings is 1. The topological polar surface area (TPSA) is 45.8 Å². The number of H-pyrrole nitrogens is 1. The van der Waals surface area contributed by atoms with E-state index in [1.165, 1.54) is 11.5 Å². The summed E-state index contributed by atoms with van der Waals surface area (Å²) in [5, 5.41) is 0.674. The summed E-state index contributed by atoms with van der Waals surface area (Å²) in [6.07, 6.45) is 1.67. The van der Waals surface area contributed by atoms with E-state index in [-0.39, 0.29) is 5.56 Å². The molecule has 0 amide bonds. The monoisotopic (exact) mass is 152 g/mol. The molecular formula is C6H4N2OS. The van der Waals surface area contributed by atoms with Gasteiger partial charge in [-0.15, -0.1) is 0 Å². The van der Waals surface area contributed by atoms with E-state index < -0.39 is 0 Å². The highest BCUT2D eigenvalue weighted by Crippen LogP contribution is 2.07. The van der Waals surface area contributed by atoms with Crippen LogP contribution in [0.4, 0.5) is 0 Å². The molecule has 0 aliphatic carbocycles. The molecule has 4 heteroatoms. The predicted octanol–water partition coefficient (Wildman–Crippen LogP) is 0.985. The highest BCUT2D eigenvalue weighted by molar-refractivity contribution is 7.12. The van der Waals surface area contributed by atoms with Crippen LogP contribution in [0.15, 0.2) is 23.1 Å². The van der Waals surface area contributed by atoms with Gasteiger partial charge in [0.05, 0.1) is 5.39 Å². The van der Waals surface area contributed by atoms with E-state index in [1.54, 1.807) is 18.3 Å². The average molecular weight is 152 g/mol. The third kappa shape index (κ3) is 0.657. The molecule has 1 N–H and O–H groups in total. The first-order chi connectivity index (χ1) is 4.88. The van der Waals surface area contributed by atoms with Gasteiger partial charge in [-0.3, -0.25) is 9.17 Å². The van der Waals surface area contributed by atoms with Crippen molar-refractivity contribution in [3.63, 3.8) is 0 Å². The van der Waals surface area contributed by atoms with Gasteiger partial charge in [-0.2, -0.15) is 0 Å². The molecule has 3 nitrogen and oxygen atoms in total. The zero-order valence-corrected chi connectivity index (χ0v) is 5.81. The molecule has 0 atom stereocenters. The minimum Gasteiger partial charge on any atom is -0.275 e. The molecule has 0 unspecified atom stereocenters. The Hall–Kier alpha value is -1.16. The molecule has 0 fully saturated rings. The van der Waals surface area contributed by atoms with Crippen molar-refractivity contribution in [3.05, 3.63) is 28.7 Å². The summed E-state index contributed by atoms with van der Waals surface area (Å²) >= 11 is 1.27. The summed E-state index contributed by atoms with van der Waals surface area (Å²) in [6, 6.07) is 3.52. The normalized spacial score (nSPS) is 10.4. The van der Waals surface area contributed by atoms with Crippen LogP contribution < -0.4 is 5.56 Å². The highest BCUT2D eigenvalue weighted by atomic mass is 32.1. The van der Waals surface area contributed by atoms with Crippen molar-refractivity contribution in [1.82, 2.24) is 9.36 Å². The lowest BCUT2D eigenvalue weighted by molar-refractivity contribution is 1.43. The van der Waals surface area contributed by atoms with E-state index in [1.807, 2.05) is 0 Å². The summed E-state index contributed by atoms with van der Waals surface area (Å²) in [5.41, 5.74) is -0.0481. The Labute approximate surface area is 60.5 Å². The maximum absolute atomic E-state index is 10.9. The summed E-state index contributed by atoms with van der Waals surface area (Å²) in [4.78, 5) is 15.7. The Morgan fingerprint density at radius 3 is 3.30 bits per heavy atom. The Balaban J connectivity index is 3.07. The Morgan fingerprint density at radius 2 is 2.50 bits per heavy atom. The molecule has 0 radical (unpaired) electrons. The zero-order chi connectivity index (χ0) is 6.97. The number of nitrogens with one attached hydrogen (secondary N) is 1. The number of aromatic nitrogens is 2. The van der Waals surface area contributed by atoms with Gasteiger partial charge in [-0.25, -0.2) is 4.98 Å². The second kappa shape index (κ2) is 1.91. The van der Waals surface area contributed by atoms with Gasteiger partial charge in [-0.1, -0.05) is 0 Å². The fourth-order valence-electron chi connectivity index (χ4n) is 0.795. The average Bonchev–Trinajstić information content (AvgIpc) is 2.34. The molecule has 0 aromatic carbocycles. The third-order valence-corrected chi connectivity index (χ3v) is 2.06. The molecule has 2 rings (SSSR count). The van der Waals surface area contributed by atoms with Crippen LogP contribution in [0.3, 0.4) is 0 Å². The Kier molecular flexibility index (Phi) is 1.07. The van der Waals surface area contributed by atoms with Gasteiger partial charge < -0.3 is 0 Å². The zero-order valence-electron chi connectivity index (χ0n) is 5.00. The molecule has 0 saturated heterocycles. The fraction of sp³-hybridized carbons (Fsp3) is 0. The summed E-state index contributed by atoms with van der Waals surface area (Å²) in [5.74, 6) is 0. The number of hydrogen-bond acceptors (Lipinski definition) is 3. The van der Waals surface area contributed by atoms with Crippen molar-refractivity contribution in [1.29, 1.82) is 0 Å². The molecule has 2 aromatic rings. The first-order valence-corrected chi connectivity index (χ1v) is 3.62. The summed E-state index contributed by atoms with van der Waals surface area (Å²) in [7, 11) is 0. The molecule has 0 aliphatic rings. The predicted molar refractivity (Wildman–Crippen MR) is 40.2 cm³/mol. The summed E-state index contributed by atoms with van der Waals surface area (Å²) < 4.78 is 2.60. The van der Waals surface area contributed by atoms with Crippen LogP contribution in [0.1, 0.15) is 0 Å². The van der Waals surface area contributed by atoms with Crippen LogP contribution in [0, 0.1) is 0 Å². The van der Waals surface area contributed by atoms with E-state index in [9.17, 15) is 4.79 Å². The lowest BCUT2D eigenvalue weighted by Gasteiger charge is -1.79. The lowest BCUT2D eigenvalue weighted by Crippen LogP contribution is -1.95. The maximum Gasteiger partial charge on any atom is 0.267 e. The van der Waals surface area contributed by atoms with E-state index in [0.29, 0.717) is 5.39 Å². The fourth-order valence-corrected chi connectivity index (χ4v) is 1.48. The van der Waals surface area contributed by atoms with Crippen molar-refractivity contribution in [3.8, 4) is 0 Å². The third-order valence-electron chi connectivity index (χ3n) is 1.26. The number of hydrogen-bond donors (Lipinski definition) is 1. The molecule has 10 heavy (non-hydrogen) atoms. The number of nitrogens with zero attached hydrogens (tertiary/aromatic N) is 1. The van der Waals surface area contributed by atoms with Gasteiger partial charge in [0, 0.05) is 6.20 Å². The van der Waals surface area contributed by atoms with Crippen LogP contribution in [0.2, 0.25) is 0 Å². The SMILES string of the molecule is O=c1[nH]sc2ncccc12. The van der Waals surface area contributed by atoms with E-state index in [2.05, 4.69) is 9.36 Å². The number of fused-ring (bicyclic) bond motifs is 1. The van der Waals surface area contributed by atoms with Crippen molar-refractivity contribution < 1.29 is 0 Å². The van der Waals surface area contributed by atoms with Crippen molar-refractivity contribution in [2.45, 2.75) is 0 Å². The smallest absolute Gasteiger partial charge is 0.267 e. The van der Waals surface area contributed by atoms with Gasteiger partial charge in [-0.05, 0) is 23.7 Å². The minimum absolute atomic E-state index is 0.0481. The number of rotatable bonds is 0. The minimum atomic E-state index is -0.0481. The van der Waals surface area contributed by atoms with Crippen LogP contribution in [0.5, 0.6) is 0 Å². The first-order valence-electron chi connectivity index (χ1n) is 2.80. The van der Waals surface area contributed by atoms with Gasteiger partial charge in [0.25, 0.3) is 5.56 Å². The van der Waals surface area contributed by atoms with Gasteiger partial charge >= 0.3 is 0 Å². The Morgan fingerprint density at radius 1 is 1.60 bits per heavy atom. The highest BCUT2D eigenvalue weighted by Gasteiger charge is 1.97. The van der Waals surface area contributed by atoms with Crippen molar-refractivity contribution in [2.75, 3.05) is 0 Å². The van der Waals surface area contributed by atoms with Gasteiger partial charge in [0.15, 0.2) is 0 Å². The molecule has 50 valence electrons. The van der Waals surface area contributed by atoms with E-state index in [0.717, 1.165) is 4.83 Å². The van der Waals surface area contributed by atoms with E-state index >= 15 is 0 Å². The summed E-state index contributed by atoms with van der Waals surface area (Å²) in [6.45, 7) is 0. The van der Waals surface area contributed by atoms with E-state index in [4.69, 9.17) is 0 Å². The first kappa shape index (κ1) is 5.61. The standard InChI is InChI=1S/C6H4N2OS/c9-5-4-2-1-3-7-6(4)10-8-5/h1-3H,(H,8,9). The molecule has 2 heterocycles. The van der Waals surface area contributed by atoms with Crippen LogP contribution in [-0.2, 0) is 0 Å².